The molecule has 0 aliphatic carbocycles. The number of carbonyl (C=O) groups is 1. The molecule has 0 spiro atoms. The summed E-state index contributed by atoms with van der Waals surface area (Å²) in [5.74, 6) is -0.0596. The number of ether oxygens (including phenoxy) is 1. The quantitative estimate of drug-likeness (QED) is 0.843. The van der Waals surface area contributed by atoms with Crippen LogP contribution in [0.3, 0.4) is 0 Å². The van der Waals surface area contributed by atoms with Crippen LogP contribution in [0.1, 0.15) is 31.9 Å². The number of amides is 1. The first kappa shape index (κ1) is 17.3. The normalized spacial score (nSPS) is 13.2. The molecular formula is C18H19ClFNO2. The van der Waals surface area contributed by atoms with Gasteiger partial charge in [-0.2, -0.15) is 0 Å². The SMILES string of the molecule is CC[C@H](Oc1ccccc1Cl)C(=O)N[C@@H](C)c1ccc(F)cc1. The summed E-state index contributed by atoms with van der Waals surface area (Å²) >= 11 is 6.05. The van der Waals surface area contributed by atoms with Gasteiger partial charge >= 0.3 is 0 Å². The molecule has 122 valence electrons. The Kier molecular flexibility index (Phi) is 5.99. The number of nitrogens with one attached hydrogen (secondary N) is 1. The summed E-state index contributed by atoms with van der Waals surface area (Å²) in [5, 5.41) is 3.34. The topological polar surface area (TPSA) is 38.3 Å². The maximum atomic E-state index is 13.0. The number of hydrogen-bond acceptors (Lipinski definition) is 2. The molecule has 2 rings (SSSR count). The molecule has 0 aromatic heterocycles. The lowest BCUT2D eigenvalue weighted by Gasteiger charge is -2.21. The summed E-state index contributed by atoms with van der Waals surface area (Å²) < 4.78 is 18.7. The van der Waals surface area contributed by atoms with E-state index in [-0.39, 0.29) is 17.8 Å². The van der Waals surface area contributed by atoms with Crippen molar-refractivity contribution in [3.8, 4) is 5.75 Å². The van der Waals surface area contributed by atoms with Crippen LogP contribution in [0.4, 0.5) is 4.39 Å². The van der Waals surface area contributed by atoms with Crippen molar-refractivity contribution >= 4 is 17.5 Å². The second-order valence-corrected chi connectivity index (χ2v) is 5.63. The summed E-state index contributed by atoms with van der Waals surface area (Å²) in [4.78, 5) is 12.4. The van der Waals surface area contributed by atoms with Gasteiger partial charge in [-0.15, -0.1) is 0 Å². The average Bonchev–Trinajstić information content (AvgIpc) is 2.54. The van der Waals surface area contributed by atoms with Gasteiger partial charge in [0.25, 0.3) is 5.91 Å². The van der Waals surface area contributed by atoms with Gasteiger partial charge in [-0.1, -0.05) is 42.8 Å². The molecular weight excluding hydrogens is 317 g/mol. The van der Waals surface area contributed by atoms with Gasteiger partial charge in [0.1, 0.15) is 11.6 Å². The fourth-order valence-electron chi connectivity index (χ4n) is 2.16. The van der Waals surface area contributed by atoms with E-state index in [2.05, 4.69) is 5.32 Å². The van der Waals surface area contributed by atoms with E-state index in [9.17, 15) is 9.18 Å². The molecule has 2 aromatic rings. The van der Waals surface area contributed by atoms with Gasteiger partial charge < -0.3 is 10.1 Å². The van der Waals surface area contributed by atoms with Crippen molar-refractivity contribution in [1.29, 1.82) is 0 Å². The molecule has 23 heavy (non-hydrogen) atoms. The monoisotopic (exact) mass is 335 g/mol. The van der Waals surface area contributed by atoms with Gasteiger partial charge in [-0.3, -0.25) is 4.79 Å². The third-order valence-corrected chi connectivity index (χ3v) is 3.81. The summed E-state index contributed by atoms with van der Waals surface area (Å²) in [6.07, 6.45) is -0.134. The van der Waals surface area contributed by atoms with E-state index in [0.29, 0.717) is 17.2 Å². The largest absolute Gasteiger partial charge is 0.479 e. The Hall–Kier alpha value is -2.07. The highest BCUT2D eigenvalue weighted by molar-refractivity contribution is 6.32. The summed E-state index contributed by atoms with van der Waals surface area (Å²) in [7, 11) is 0. The highest BCUT2D eigenvalue weighted by atomic mass is 35.5. The van der Waals surface area contributed by atoms with Crippen LogP contribution in [0.2, 0.25) is 5.02 Å². The Morgan fingerprint density at radius 1 is 1.22 bits per heavy atom. The Balaban J connectivity index is 2.02. The van der Waals surface area contributed by atoms with Crippen LogP contribution in [0.25, 0.3) is 0 Å². The molecule has 1 N–H and O–H groups in total. The molecule has 2 atom stereocenters. The maximum absolute atomic E-state index is 13.0. The van der Waals surface area contributed by atoms with Crippen LogP contribution >= 0.6 is 11.6 Å². The second-order valence-electron chi connectivity index (χ2n) is 5.23. The molecule has 0 unspecified atom stereocenters. The second kappa shape index (κ2) is 7.97. The number of hydrogen-bond donors (Lipinski definition) is 1. The zero-order chi connectivity index (χ0) is 16.8. The van der Waals surface area contributed by atoms with Crippen molar-refractivity contribution in [1.82, 2.24) is 5.32 Å². The van der Waals surface area contributed by atoms with E-state index < -0.39 is 6.10 Å². The first-order valence-corrected chi connectivity index (χ1v) is 7.86. The van der Waals surface area contributed by atoms with Crippen molar-refractivity contribution in [2.24, 2.45) is 0 Å². The number of carbonyl (C=O) groups excluding carboxylic acids is 1. The van der Waals surface area contributed by atoms with Crippen LogP contribution < -0.4 is 10.1 Å². The van der Waals surface area contributed by atoms with Crippen molar-refractivity contribution in [2.45, 2.75) is 32.4 Å². The molecule has 2 aromatic carbocycles. The predicted octanol–water partition coefficient (Wildman–Crippen LogP) is 4.51. The van der Waals surface area contributed by atoms with Crippen molar-refractivity contribution in [2.75, 3.05) is 0 Å². The average molecular weight is 336 g/mol. The lowest BCUT2D eigenvalue weighted by molar-refractivity contribution is -0.128. The lowest BCUT2D eigenvalue weighted by Crippen LogP contribution is -2.39. The molecule has 0 radical (unpaired) electrons. The van der Waals surface area contributed by atoms with E-state index in [1.54, 1.807) is 36.4 Å². The molecule has 0 saturated carbocycles. The standard InChI is InChI=1S/C18H19ClFNO2/c1-3-16(23-17-7-5-4-6-15(17)19)18(22)21-12(2)13-8-10-14(20)11-9-13/h4-12,16H,3H2,1-2H3,(H,21,22)/t12-,16-/m0/s1. The van der Waals surface area contributed by atoms with E-state index in [0.717, 1.165) is 5.56 Å². The maximum Gasteiger partial charge on any atom is 0.261 e. The lowest BCUT2D eigenvalue weighted by atomic mass is 10.1. The minimum Gasteiger partial charge on any atom is -0.479 e. The van der Waals surface area contributed by atoms with Gasteiger partial charge in [-0.25, -0.2) is 4.39 Å². The molecule has 3 nitrogen and oxygen atoms in total. The molecule has 0 aliphatic heterocycles. The van der Waals surface area contributed by atoms with Gasteiger partial charge in [0, 0.05) is 0 Å². The minimum atomic E-state index is -0.641. The van der Waals surface area contributed by atoms with Crippen molar-refractivity contribution in [3.63, 3.8) is 0 Å². The molecule has 1 amide bonds. The van der Waals surface area contributed by atoms with Gasteiger partial charge in [0.15, 0.2) is 6.10 Å². The van der Waals surface area contributed by atoms with Crippen molar-refractivity contribution in [3.05, 3.63) is 64.9 Å². The van der Waals surface area contributed by atoms with Crippen LogP contribution in [0, 0.1) is 5.82 Å². The third-order valence-electron chi connectivity index (χ3n) is 3.50. The smallest absolute Gasteiger partial charge is 0.261 e. The molecule has 0 fully saturated rings. The summed E-state index contributed by atoms with van der Waals surface area (Å²) in [6.45, 7) is 3.71. The zero-order valence-electron chi connectivity index (χ0n) is 13.1. The van der Waals surface area contributed by atoms with Gasteiger partial charge in [0.2, 0.25) is 0 Å². The van der Waals surface area contributed by atoms with Crippen LogP contribution in [0.5, 0.6) is 5.75 Å². The van der Waals surface area contributed by atoms with Gasteiger partial charge in [-0.05, 0) is 43.2 Å². The van der Waals surface area contributed by atoms with E-state index in [1.807, 2.05) is 13.8 Å². The summed E-state index contributed by atoms with van der Waals surface area (Å²) in [6, 6.07) is 12.8. The zero-order valence-corrected chi connectivity index (χ0v) is 13.8. The molecule has 0 heterocycles. The number of halogens is 2. The highest BCUT2D eigenvalue weighted by Gasteiger charge is 2.21. The molecule has 0 aliphatic rings. The first-order valence-electron chi connectivity index (χ1n) is 7.48. The van der Waals surface area contributed by atoms with E-state index >= 15 is 0 Å². The minimum absolute atomic E-state index is 0.232. The van der Waals surface area contributed by atoms with Crippen LogP contribution in [-0.2, 0) is 4.79 Å². The molecule has 0 bridgehead atoms. The number of para-hydroxylation sites is 1. The first-order chi connectivity index (χ1) is 11.0. The number of benzene rings is 2. The van der Waals surface area contributed by atoms with E-state index in [1.165, 1.54) is 12.1 Å². The highest BCUT2D eigenvalue weighted by Crippen LogP contribution is 2.25. The Bertz CT molecular complexity index is 660. The molecule has 0 saturated heterocycles. The summed E-state index contributed by atoms with van der Waals surface area (Å²) in [5.41, 5.74) is 0.826. The Morgan fingerprint density at radius 3 is 2.48 bits per heavy atom. The predicted molar refractivity (Wildman–Crippen MR) is 89.1 cm³/mol. The van der Waals surface area contributed by atoms with E-state index in [4.69, 9.17) is 16.3 Å². The Morgan fingerprint density at radius 2 is 1.87 bits per heavy atom. The fraction of sp³-hybridized carbons (Fsp3) is 0.278. The number of rotatable bonds is 6. The Labute approximate surface area is 140 Å². The third kappa shape index (κ3) is 4.70. The van der Waals surface area contributed by atoms with Crippen molar-refractivity contribution < 1.29 is 13.9 Å². The van der Waals surface area contributed by atoms with Gasteiger partial charge in [0.05, 0.1) is 11.1 Å². The fourth-order valence-corrected chi connectivity index (χ4v) is 2.34. The van der Waals surface area contributed by atoms with Crippen LogP contribution in [0.15, 0.2) is 48.5 Å². The van der Waals surface area contributed by atoms with Crippen LogP contribution in [-0.4, -0.2) is 12.0 Å². The molecule has 5 heteroatoms.